The third-order valence-electron chi connectivity index (χ3n) is 2.83. The predicted molar refractivity (Wildman–Crippen MR) is 80.6 cm³/mol. The van der Waals surface area contributed by atoms with E-state index >= 15 is 0 Å². The molecule has 0 aromatic carbocycles. The molecule has 2 rings (SSSR count). The Kier molecular flexibility index (Phi) is 4.92. The van der Waals surface area contributed by atoms with E-state index in [1.165, 1.54) is 15.4 Å². The Labute approximate surface area is 117 Å². The molecule has 0 aliphatic carbocycles. The summed E-state index contributed by atoms with van der Waals surface area (Å²) in [4.78, 5) is 7.37. The van der Waals surface area contributed by atoms with Gasteiger partial charge in [0.05, 0.1) is 10.7 Å². The summed E-state index contributed by atoms with van der Waals surface area (Å²) in [5, 5.41) is 6.96. The second-order valence-corrected chi connectivity index (χ2v) is 6.90. The average molecular weight is 280 g/mol. The lowest BCUT2D eigenvalue weighted by Gasteiger charge is -2.16. The first-order valence-electron chi connectivity index (χ1n) is 6.39. The minimum Gasteiger partial charge on any atom is -0.309 e. The fourth-order valence-electron chi connectivity index (χ4n) is 1.94. The molecule has 0 spiro atoms. The summed E-state index contributed by atoms with van der Waals surface area (Å²) >= 11 is 3.62. The zero-order chi connectivity index (χ0) is 13.0. The topological polar surface area (TPSA) is 24.9 Å². The Balaban J connectivity index is 2.09. The molecule has 98 valence electrons. The van der Waals surface area contributed by atoms with Crippen LogP contribution in [0.25, 0.3) is 0 Å². The highest BCUT2D eigenvalue weighted by Crippen LogP contribution is 2.26. The third kappa shape index (κ3) is 3.64. The molecule has 1 unspecified atom stereocenters. The largest absolute Gasteiger partial charge is 0.309 e. The first kappa shape index (κ1) is 13.7. The molecule has 2 heterocycles. The van der Waals surface area contributed by atoms with Crippen LogP contribution in [-0.2, 0) is 6.42 Å². The standard InChI is InChI=1S/C14H20N2S2/c1-4-7-15-13(14-6-5-10(2)18-14)8-12-9-17-11(3)16-12/h5-6,9,13,15H,4,7-8H2,1-3H3. The van der Waals surface area contributed by atoms with E-state index in [0.717, 1.165) is 24.4 Å². The van der Waals surface area contributed by atoms with Crippen molar-refractivity contribution in [3.63, 3.8) is 0 Å². The van der Waals surface area contributed by atoms with Gasteiger partial charge in [0.2, 0.25) is 0 Å². The Morgan fingerprint density at radius 3 is 2.72 bits per heavy atom. The van der Waals surface area contributed by atoms with E-state index < -0.39 is 0 Å². The Hall–Kier alpha value is -0.710. The third-order valence-corrected chi connectivity index (χ3v) is 4.76. The molecule has 2 nitrogen and oxygen atoms in total. The maximum atomic E-state index is 4.57. The number of aromatic nitrogens is 1. The number of hydrogen-bond donors (Lipinski definition) is 1. The number of thiophene rings is 1. The van der Waals surface area contributed by atoms with E-state index in [1.807, 2.05) is 11.3 Å². The second kappa shape index (κ2) is 6.45. The number of rotatable bonds is 6. The molecule has 1 N–H and O–H groups in total. The first-order chi connectivity index (χ1) is 8.69. The highest BCUT2D eigenvalue weighted by molar-refractivity contribution is 7.12. The SMILES string of the molecule is CCCNC(Cc1csc(C)n1)c1ccc(C)s1. The fraction of sp³-hybridized carbons (Fsp3) is 0.500. The van der Waals surface area contributed by atoms with Crippen LogP contribution in [0, 0.1) is 13.8 Å². The molecule has 0 radical (unpaired) electrons. The molecule has 1 atom stereocenters. The lowest BCUT2D eigenvalue weighted by molar-refractivity contribution is 0.532. The van der Waals surface area contributed by atoms with Crippen LogP contribution >= 0.6 is 22.7 Å². The van der Waals surface area contributed by atoms with Gasteiger partial charge in [0.15, 0.2) is 0 Å². The minimum absolute atomic E-state index is 0.408. The highest BCUT2D eigenvalue weighted by Gasteiger charge is 2.14. The summed E-state index contributed by atoms with van der Waals surface area (Å²) in [6.45, 7) is 7.50. The average Bonchev–Trinajstić information content (AvgIpc) is 2.93. The molecule has 2 aromatic heterocycles. The van der Waals surface area contributed by atoms with Gasteiger partial charge in [-0.3, -0.25) is 0 Å². The lowest BCUT2D eigenvalue weighted by atomic mass is 10.1. The molecule has 2 aromatic rings. The summed E-state index contributed by atoms with van der Waals surface area (Å²) in [5.41, 5.74) is 1.21. The fourth-order valence-corrected chi connectivity index (χ4v) is 3.52. The van der Waals surface area contributed by atoms with Gasteiger partial charge in [-0.25, -0.2) is 4.98 Å². The van der Waals surface area contributed by atoms with Crippen molar-refractivity contribution in [3.8, 4) is 0 Å². The van der Waals surface area contributed by atoms with Gasteiger partial charge in [0.25, 0.3) is 0 Å². The summed E-state index contributed by atoms with van der Waals surface area (Å²) in [6.07, 6.45) is 2.15. The zero-order valence-electron chi connectivity index (χ0n) is 11.2. The molecule has 0 saturated carbocycles. The quantitative estimate of drug-likeness (QED) is 0.861. The van der Waals surface area contributed by atoms with Gasteiger partial charge >= 0.3 is 0 Å². The van der Waals surface area contributed by atoms with Crippen molar-refractivity contribution in [2.45, 2.75) is 39.7 Å². The maximum Gasteiger partial charge on any atom is 0.0897 e. The van der Waals surface area contributed by atoms with E-state index in [2.05, 4.69) is 48.6 Å². The molecule has 0 fully saturated rings. The van der Waals surface area contributed by atoms with Gasteiger partial charge in [0, 0.05) is 27.6 Å². The molecule has 18 heavy (non-hydrogen) atoms. The highest BCUT2D eigenvalue weighted by atomic mass is 32.1. The van der Waals surface area contributed by atoms with Gasteiger partial charge in [-0.15, -0.1) is 22.7 Å². The Morgan fingerprint density at radius 2 is 2.17 bits per heavy atom. The van der Waals surface area contributed by atoms with E-state index in [1.54, 1.807) is 11.3 Å². The molecule has 0 bridgehead atoms. The van der Waals surface area contributed by atoms with Crippen LogP contribution in [0.5, 0.6) is 0 Å². The second-order valence-electron chi connectivity index (χ2n) is 4.52. The smallest absolute Gasteiger partial charge is 0.0897 e. The lowest BCUT2D eigenvalue weighted by Crippen LogP contribution is -2.23. The van der Waals surface area contributed by atoms with Crippen molar-refractivity contribution >= 4 is 22.7 Å². The Bertz CT molecular complexity index is 487. The molecule has 0 aliphatic heterocycles. The molecule has 0 amide bonds. The normalized spacial score (nSPS) is 12.8. The van der Waals surface area contributed by atoms with Gasteiger partial charge in [-0.05, 0) is 38.9 Å². The van der Waals surface area contributed by atoms with Crippen molar-refractivity contribution in [2.75, 3.05) is 6.54 Å². The molecule has 0 aliphatic rings. The van der Waals surface area contributed by atoms with E-state index in [0.29, 0.717) is 6.04 Å². The van der Waals surface area contributed by atoms with Crippen LogP contribution < -0.4 is 5.32 Å². The minimum atomic E-state index is 0.408. The molecule has 4 heteroatoms. The van der Waals surface area contributed by atoms with Crippen LogP contribution in [-0.4, -0.2) is 11.5 Å². The molecular weight excluding hydrogens is 260 g/mol. The summed E-state index contributed by atoms with van der Waals surface area (Å²) in [7, 11) is 0. The van der Waals surface area contributed by atoms with Crippen molar-refractivity contribution in [1.29, 1.82) is 0 Å². The number of nitrogens with zero attached hydrogens (tertiary/aromatic N) is 1. The number of nitrogens with one attached hydrogen (secondary N) is 1. The summed E-state index contributed by atoms with van der Waals surface area (Å²) < 4.78 is 0. The van der Waals surface area contributed by atoms with Crippen LogP contribution in [0.15, 0.2) is 17.5 Å². The van der Waals surface area contributed by atoms with Crippen LogP contribution in [0.4, 0.5) is 0 Å². The van der Waals surface area contributed by atoms with Crippen LogP contribution in [0.1, 0.15) is 39.8 Å². The number of thiazole rings is 1. The summed E-state index contributed by atoms with van der Waals surface area (Å²) in [5.74, 6) is 0. The van der Waals surface area contributed by atoms with Gasteiger partial charge in [-0.1, -0.05) is 6.92 Å². The van der Waals surface area contributed by atoms with Gasteiger partial charge < -0.3 is 5.32 Å². The van der Waals surface area contributed by atoms with E-state index in [4.69, 9.17) is 0 Å². The summed E-state index contributed by atoms with van der Waals surface area (Å²) in [6, 6.07) is 4.85. The maximum absolute atomic E-state index is 4.57. The zero-order valence-corrected chi connectivity index (χ0v) is 12.8. The van der Waals surface area contributed by atoms with Crippen molar-refractivity contribution in [3.05, 3.63) is 38.0 Å². The van der Waals surface area contributed by atoms with Crippen molar-refractivity contribution in [1.82, 2.24) is 10.3 Å². The van der Waals surface area contributed by atoms with E-state index in [9.17, 15) is 0 Å². The Morgan fingerprint density at radius 1 is 1.33 bits per heavy atom. The van der Waals surface area contributed by atoms with Gasteiger partial charge in [-0.2, -0.15) is 0 Å². The van der Waals surface area contributed by atoms with E-state index in [-0.39, 0.29) is 0 Å². The van der Waals surface area contributed by atoms with Crippen molar-refractivity contribution in [2.24, 2.45) is 0 Å². The first-order valence-corrected chi connectivity index (χ1v) is 8.09. The molecular formula is C14H20N2S2. The number of aryl methyl sites for hydroxylation is 2. The van der Waals surface area contributed by atoms with Gasteiger partial charge in [0.1, 0.15) is 0 Å². The molecule has 0 saturated heterocycles. The van der Waals surface area contributed by atoms with Crippen LogP contribution in [0.2, 0.25) is 0 Å². The number of hydrogen-bond acceptors (Lipinski definition) is 4. The monoisotopic (exact) mass is 280 g/mol. The predicted octanol–water partition coefficient (Wildman–Crippen LogP) is 4.10. The van der Waals surface area contributed by atoms with Crippen LogP contribution in [0.3, 0.4) is 0 Å². The van der Waals surface area contributed by atoms with Crippen molar-refractivity contribution < 1.29 is 0 Å².